The molecular weight excluding hydrogens is 314 g/mol. The molecule has 25 heavy (non-hydrogen) atoms. The minimum Gasteiger partial charge on any atom is -0.309 e. The Morgan fingerprint density at radius 2 is 2.00 bits per heavy atom. The molecule has 1 aliphatic rings. The van der Waals surface area contributed by atoms with Crippen LogP contribution in [0.2, 0.25) is 0 Å². The van der Waals surface area contributed by atoms with Crippen LogP contribution in [0.25, 0.3) is 21.9 Å². The van der Waals surface area contributed by atoms with E-state index in [0.29, 0.717) is 5.82 Å². The molecule has 0 bridgehead atoms. The average Bonchev–Trinajstić information content (AvgIpc) is 3.34. The second-order valence-electron chi connectivity index (χ2n) is 6.53. The van der Waals surface area contributed by atoms with E-state index >= 15 is 0 Å². The summed E-state index contributed by atoms with van der Waals surface area (Å²) in [6, 6.07) is 7.96. The third-order valence-corrected chi connectivity index (χ3v) is 4.87. The third-order valence-electron chi connectivity index (χ3n) is 4.87. The molecule has 2 aromatic heterocycles. The lowest BCUT2D eigenvalue weighted by atomic mass is 10.1. The number of benzene rings is 1. The number of hydrogen-bond acceptors (Lipinski definition) is 4. The van der Waals surface area contributed by atoms with Gasteiger partial charge >= 0.3 is 0 Å². The van der Waals surface area contributed by atoms with E-state index < -0.39 is 0 Å². The van der Waals surface area contributed by atoms with Crippen molar-refractivity contribution in [2.24, 2.45) is 0 Å². The number of hydrogen-bond donors (Lipinski definition) is 2. The highest BCUT2D eigenvalue weighted by atomic mass is 16.2. The van der Waals surface area contributed by atoms with Gasteiger partial charge in [-0.2, -0.15) is 5.10 Å². The monoisotopic (exact) mass is 335 g/mol. The number of pyridine rings is 1. The van der Waals surface area contributed by atoms with Crippen LogP contribution in [0.5, 0.6) is 0 Å². The zero-order chi connectivity index (χ0) is 17.2. The molecule has 1 amide bonds. The van der Waals surface area contributed by atoms with Gasteiger partial charge in [-0.15, -0.1) is 0 Å². The van der Waals surface area contributed by atoms with Crippen molar-refractivity contribution >= 4 is 22.5 Å². The van der Waals surface area contributed by atoms with Crippen LogP contribution in [-0.4, -0.2) is 45.1 Å². The molecule has 4 rings (SSSR count). The Labute approximate surface area is 146 Å². The van der Waals surface area contributed by atoms with Crippen molar-refractivity contribution in [1.82, 2.24) is 20.1 Å². The summed E-state index contributed by atoms with van der Waals surface area (Å²) in [7, 11) is 0. The number of nitrogens with zero attached hydrogens (tertiary/aromatic N) is 3. The molecule has 1 unspecified atom stereocenters. The lowest BCUT2D eigenvalue weighted by Crippen LogP contribution is -2.40. The number of amides is 1. The molecule has 3 heterocycles. The molecule has 1 atom stereocenters. The number of anilines is 1. The summed E-state index contributed by atoms with van der Waals surface area (Å²) in [6.07, 6.45) is 7.79. The second kappa shape index (κ2) is 6.64. The average molecular weight is 335 g/mol. The van der Waals surface area contributed by atoms with Gasteiger partial charge in [-0.25, -0.2) is 4.98 Å². The van der Waals surface area contributed by atoms with Gasteiger partial charge in [-0.05, 0) is 55.9 Å². The Kier molecular flexibility index (Phi) is 4.19. The van der Waals surface area contributed by atoms with Crippen LogP contribution in [-0.2, 0) is 4.79 Å². The van der Waals surface area contributed by atoms with Crippen LogP contribution in [0.3, 0.4) is 0 Å². The normalized spacial score (nSPS) is 16.2. The minimum atomic E-state index is -0.128. The second-order valence-corrected chi connectivity index (χ2v) is 6.53. The number of likely N-dealkylation sites (tertiary alicyclic amines) is 1. The first-order valence-corrected chi connectivity index (χ1v) is 8.64. The number of carbonyl (C=O) groups is 1. The Morgan fingerprint density at radius 1 is 1.16 bits per heavy atom. The first-order valence-electron chi connectivity index (χ1n) is 8.64. The number of carbonyl (C=O) groups excluding carboxylic acids is 1. The number of aromatic amines is 1. The maximum atomic E-state index is 12.5. The van der Waals surface area contributed by atoms with E-state index in [1.807, 2.05) is 31.3 Å². The van der Waals surface area contributed by atoms with E-state index in [-0.39, 0.29) is 11.9 Å². The molecule has 1 saturated heterocycles. The topological polar surface area (TPSA) is 73.9 Å². The fourth-order valence-electron chi connectivity index (χ4n) is 3.32. The molecule has 0 aliphatic carbocycles. The number of aromatic nitrogens is 3. The van der Waals surface area contributed by atoms with E-state index in [1.165, 1.54) is 12.8 Å². The van der Waals surface area contributed by atoms with Gasteiger partial charge < -0.3 is 5.32 Å². The Morgan fingerprint density at radius 3 is 2.76 bits per heavy atom. The molecule has 1 aliphatic heterocycles. The number of H-pyrrole nitrogens is 1. The maximum absolute atomic E-state index is 12.5. The largest absolute Gasteiger partial charge is 0.309 e. The molecule has 2 N–H and O–H groups in total. The summed E-state index contributed by atoms with van der Waals surface area (Å²) in [5.41, 5.74) is 2.11. The minimum absolute atomic E-state index is 0.000242. The first-order chi connectivity index (χ1) is 12.2. The number of nitrogens with one attached hydrogen (secondary N) is 2. The maximum Gasteiger partial charge on any atom is 0.242 e. The van der Waals surface area contributed by atoms with Crippen molar-refractivity contribution in [2.75, 3.05) is 18.4 Å². The fraction of sp³-hybridized carbons (Fsp3) is 0.316. The standard InChI is InChI=1S/C19H21N5O/c1-13(24-6-2-3-7-24)19(25)23-18-9-16-8-14(17-11-21-22-12-17)4-5-15(16)10-20-18/h4-5,8-13H,2-3,6-7H2,1H3,(H,21,22)(H,20,23,25). The van der Waals surface area contributed by atoms with Crippen molar-refractivity contribution < 1.29 is 4.79 Å². The highest BCUT2D eigenvalue weighted by Gasteiger charge is 2.24. The smallest absolute Gasteiger partial charge is 0.242 e. The van der Waals surface area contributed by atoms with Crippen LogP contribution in [0.1, 0.15) is 19.8 Å². The molecule has 128 valence electrons. The van der Waals surface area contributed by atoms with Gasteiger partial charge in [0, 0.05) is 23.3 Å². The highest BCUT2D eigenvalue weighted by Crippen LogP contribution is 2.25. The predicted molar refractivity (Wildman–Crippen MR) is 98.2 cm³/mol. The van der Waals surface area contributed by atoms with Crippen molar-refractivity contribution in [3.63, 3.8) is 0 Å². The lowest BCUT2D eigenvalue weighted by molar-refractivity contribution is -0.120. The molecule has 1 aromatic carbocycles. The summed E-state index contributed by atoms with van der Waals surface area (Å²) in [6.45, 7) is 3.94. The summed E-state index contributed by atoms with van der Waals surface area (Å²) >= 11 is 0. The van der Waals surface area contributed by atoms with Crippen molar-refractivity contribution in [3.8, 4) is 11.1 Å². The summed E-state index contributed by atoms with van der Waals surface area (Å²) in [4.78, 5) is 19.1. The Hall–Kier alpha value is -2.73. The summed E-state index contributed by atoms with van der Waals surface area (Å²) in [5.74, 6) is 0.590. The van der Waals surface area contributed by atoms with E-state index in [4.69, 9.17) is 0 Å². The molecule has 6 nitrogen and oxygen atoms in total. The summed E-state index contributed by atoms with van der Waals surface area (Å²) < 4.78 is 0. The molecule has 0 saturated carbocycles. The van der Waals surface area contributed by atoms with Gasteiger partial charge in [0.25, 0.3) is 0 Å². The number of rotatable bonds is 4. The molecular formula is C19H21N5O. The van der Waals surface area contributed by atoms with Crippen LogP contribution in [0.4, 0.5) is 5.82 Å². The molecule has 0 radical (unpaired) electrons. The van der Waals surface area contributed by atoms with Crippen LogP contribution in [0, 0.1) is 0 Å². The summed E-state index contributed by atoms with van der Waals surface area (Å²) in [5, 5.41) is 11.9. The highest BCUT2D eigenvalue weighted by molar-refractivity contribution is 5.96. The van der Waals surface area contributed by atoms with E-state index in [9.17, 15) is 4.79 Å². The zero-order valence-electron chi connectivity index (χ0n) is 14.2. The van der Waals surface area contributed by atoms with Gasteiger partial charge in [-0.3, -0.25) is 14.8 Å². The molecule has 6 heteroatoms. The van der Waals surface area contributed by atoms with Crippen LogP contribution in [0.15, 0.2) is 42.9 Å². The van der Waals surface area contributed by atoms with Gasteiger partial charge in [-0.1, -0.05) is 12.1 Å². The first kappa shape index (κ1) is 15.8. The van der Waals surface area contributed by atoms with Crippen molar-refractivity contribution in [3.05, 3.63) is 42.9 Å². The Bertz CT molecular complexity index is 884. The van der Waals surface area contributed by atoms with E-state index in [0.717, 1.165) is 35.0 Å². The lowest BCUT2D eigenvalue weighted by Gasteiger charge is -2.22. The third kappa shape index (κ3) is 3.25. The van der Waals surface area contributed by atoms with Crippen LogP contribution >= 0.6 is 0 Å². The SMILES string of the molecule is CC(C(=O)Nc1cc2cc(-c3cn[nH]c3)ccc2cn1)N1CCCC1. The van der Waals surface area contributed by atoms with E-state index in [2.05, 4.69) is 31.5 Å². The zero-order valence-corrected chi connectivity index (χ0v) is 14.2. The molecule has 1 fully saturated rings. The van der Waals surface area contributed by atoms with E-state index in [1.54, 1.807) is 12.4 Å². The van der Waals surface area contributed by atoms with Gasteiger partial charge in [0.15, 0.2) is 0 Å². The Balaban J connectivity index is 1.56. The van der Waals surface area contributed by atoms with Gasteiger partial charge in [0.2, 0.25) is 5.91 Å². The fourth-order valence-corrected chi connectivity index (χ4v) is 3.32. The van der Waals surface area contributed by atoms with Gasteiger partial charge in [0.05, 0.1) is 12.2 Å². The molecule has 0 spiro atoms. The number of fused-ring (bicyclic) bond motifs is 1. The van der Waals surface area contributed by atoms with Crippen molar-refractivity contribution in [2.45, 2.75) is 25.8 Å². The van der Waals surface area contributed by atoms with Crippen LogP contribution < -0.4 is 5.32 Å². The predicted octanol–water partition coefficient (Wildman–Crippen LogP) is 3.05. The molecule has 3 aromatic rings. The van der Waals surface area contributed by atoms with Gasteiger partial charge in [0.1, 0.15) is 5.82 Å². The quantitative estimate of drug-likeness (QED) is 0.768. The van der Waals surface area contributed by atoms with Crippen molar-refractivity contribution in [1.29, 1.82) is 0 Å².